The Labute approximate surface area is 128 Å². The maximum absolute atomic E-state index is 12.2. The van der Waals surface area contributed by atoms with Crippen LogP contribution < -0.4 is 5.32 Å². The number of amides is 1. The van der Waals surface area contributed by atoms with Gasteiger partial charge in [0.15, 0.2) is 0 Å². The molecule has 3 nitrogen and oxygen atoms in total. The van der Waals surface area contributed by atoms with Gasteiger partial charge in [0.25, 0.3) is 0 Å². The third kappa shape index (κ3) is 5.14. The van der Waals surface area contributed by atoms with Crippen LogP contribution in [0.3, 0.4) is 0 Å². The first-order valence-electron chi connectivity index (χ1n) is 7.23. The van der Waals surface area contributed by atoms with Gasteiger partial charge in [-0.25, -0.2) is 0 Å². The summed E-state index contributed by atoms with van der Waals surface area (Å²) in [6.07, 6.45) is 2.64. The average molecular weight is 297 g/mol. The third-order valence-electron chi connectivity index (χ3n) is 3.76. The summed E-state index contributed by atoms with van der Waals surface area (Å²) in [5.74, 6) is 1.02. The average Bonchev–Trinajstić information content (AvgIpc) is 3.22. The van der Waals surface area contributed by atoms with Gasteiger partial charge in [-0.2, -0.15) is 0 Å². The standard InChI is InChI=1S/C16H24N2O.ClH/c1-3-18(12-15-7-5-4-6-13(15)2)16(19)11-17-10-14-8-9-14;/h4-7,14,17H,3,8-12H2,1-2H3;1H. The van der Waals surface area contributed by atoms with Gasteiger partial charge in [0.1, 0.15) is 0 Å². The maximum Gasteiger partial charge on any atom is 0.236 e. The molecule has 1 aromatic carbocycles. The molecule has 0 aliphatic heterocycles. The monoisotopic (exact) mass is 296 g/mol. The fraction of sp³-hybridized carbons (Fsp3) is 0.562. The molecule has 0 spiro atoms. The van der Waals surface area contributed by atoms with Crippen LogP contribution in [0.5, 0.6) is 0 Å². The molecule has 1 amide bonds. The van der Waals surface area contributed by atoms with Crippen LogP contribution >= 0.6 is 12.4 Å². The molecule has 0 heterocycles. The molecule has 20 heavy (non-hydrogen) atoms. The van der Waals surface area contributed by atoms with Crippen molar-refractivity contribution in [2.24, 2.45) is 5.92 Å². The van der Waals surface area contributed by atoms with Gasteiger partial charge in [0.05, 0.1) is 6.54 Å². The molecule has 0 saturated heterocycles. The van der Waals surface area contributed by atoms with E-state index < -0.39 is 0 Å². The van der Waals surface area contributed by atoms with E-state index in [0.717, 1.165) is 19.0 Å². The molecule has 0 aromatic heterocycles. The first-order valence-corrected chi connectivity index (χ1v) is 7.23. The minimum atomic E-state index is 0. The highest BCUT2D eigenvalue weighted by molar-refractivity contribution is 5.85. The molecular weight excluding hydrogens is 272 g/mol. The van der Waals surface area contributed by atoms with Gasteiger partial charge in [-0.1, -0.05) is 24.3 Å². The smallest absolute Gasteiger partial charge is 0.236 e. The summed E-state index contributed by atoms with van der Waals surface area (Å²) in [6.45, 7) is 7.07. The summed E-state index contributed by atoms with van der Waals surface area (Å²) >= 11 is 0. The van der Waals surface area contributed by atoms with Crippen molar-refractivity contribution in [2.45, 2.75) is 33.2 Å². The maximum atomic E-state index is 12.2. The molecule has 1 aromatic rings. The van der Waals surface area contributed by atoms with Crippen molar-refractivity contribution in [3.8, 4) is 0 Å². The van der Waals surface area contributed by atoms with Crippen LogP contribution in [0.4, 0.5) is 0 Å². The second-order valence-electron chi connectivity index (χ2n) is 5.41. The summed E-state index contributed by atoms with van der Waals surface area (Å²) in [6, 6.07) is 8.27. The zero-order chi connectivity index (χ0) is 13.7. The molecule has 112 valence electrons. The third-order valence-corrected chi connectivity index (χ3v) is 3.76. The Kier molecular flexibility index (Phi) is 7.03. The van der Waals surface area contributed by atoms with Crippen molar-refractivity contribution in [1.82, 2.24) is 10.2 Å². The van der Waals surface area contributed by atoms with Crippen LogP contribution in [-0.4, -0.2) is 30.4 Å². The van der Waals surface area contributed by atoms with Gasteiger partial charge in [0.2, 0.25) is 5.91 Å². The lowest BCUT2D eigenvalue weighted by atomic mass is 10.1. The van der Waals surface area contributed by atoms with Crippen molar-refractivity contribution in [3.63, 3.8) is 0 Å². The number of carbonyl (C=O) groups excluding carboxylic acids is 1. The van der Waals surface area contributed by atoms with Gasteiger partial charge < -0.3 is 10.2 Å². The van der Waals surface area contributed by atoms with Gasteiger partial charge in [-0.05, 0) is 50.3 Å². The summed E-state index contributed by atoms with van der Waals surface area (Å²) < 4.78 is 0. The Bertz CT molecular complexity index is 432. The molecule has 0 atom stereocenters. The summed E-state index contributed by atoms with van der Waals surface area (Å²) in [5.41, 5.74) is 2.49. The van der Waals surface area contributed by atoms with E-state index in [2.05, 4.69) is 24.4 Å². The van der Waals surface area contributed by atoms with Crippen LogP contribution in [0.15, 0.2) is 24.3 Å². The summed E-state index contributed by atoms with van der Waals surface area (Å²) in [4.78, 5) is 14.1. The number of carbonyl (C=O) groups is 1. The number of rotatable bonds is 7. The number of nitrogens with one attached hydrogen (secondary N) is 1. The van der Waals surface area contributed by atoms with Gasteiger partial charge in [0, 0.05) is 13.1 Å². The Morgan fingerprint density at radius 2 is 2.05 bits per heavy atom. The van der Waals surface area contributed by atoms with E-state index >= 15 is 0 Å². The zero-order valence-corrected chi connectivity index (χ0v) is 13.2. The highest BCUT2D eigenvalue weighted by Gasteiger charge is 2.21. The first kappa shape index (κ1) is 17.0. The SMILES string of the molecule is CCN(Cc1ccccc1C)C(=O)CNCC1CC1.Cl. The summed E-state index contributed by atoms with van der Waals surface area (Å²) in [5, 5.41) is 3.27. The topological polar surface area (TPSA) is 32.3 Å². The zero-order valence-electron chi connectivity index (χ0n) is 12.4. The van der Waals surface area contributed by atoms with Crippen molar-refractivity contribution in [1.29, 1.82) is 0 Å². The number of hydrogen-bond donors (Lipinski definition) is 1. The van der Waals surface area contributed by atoms with Crippen molar-refractivity contribution in [2.75, 3.05) is 19.6 Å². The Balaban J connectivity index is 0.00000200. The van der Waals surface area contributed by atoms with E-state index in [1.54, 1.807) is 0 Å². The molecule has 0 unspecified atom stereocenters. The molecule has 0 bridgehead atoms. The van der Waals surface area contributed by atoms with E-state index in [1.807, 2.05) is 24.0 Å². The first-order chi connectivity index (χ1) is 9.20. The number of halogens is 1. The Morgan fingerprint density at radius 3 is 2.65 bits per heavy atom. The number of aryl methyl sites for hydroxylation is 1. The Morgan fingerprint density at radius 1 is 1.35 bits per heavy atom. The molecule has 4 heteroatoms. The van der Waals surface area contributed by atoms with Gasteiger partial charge >= 0.3 is 0 Å². The van der Waals surface area contributed by atoms with Crippen molar-refractivity contribution < 1.29 is 4.79 Å². The second kappa shape index (κ2) is 8.28. The largest absolute Gasteiger partial charge is 0.338 e. The summed E-state index contributed by atoms with van der Waals surface area (Å²) in [7, 11) is 0. The Hall–Kier alpha value is -1.06. The fourth-order valence-electron chi connectivity index (χ4n) is 2.19. The van der Waals surface area contributed by atoms with E-state index in [9.17, 15) is 4.79 Å². The molecule has 1 N–H and O–H groups in total. The van der Waals surface area contributed by atoms with Gasteiger partial charge in [-0.15, -0.1) is 12.4 Å². The van der Waals surface area contributed by atoms with E-state index in [4.69, 9.17) is 0 Å². The quantitative estimate of drug-likeness (QED) is 0.839. The molecule has 1 fully saturated rings. The van der Waals surface area contributed by atoms with Crippen LogP contribution in [0, 0.1) is 12.8 Å². The van der Waals surface area contributed by atoms with Crippen LogP contribution in [-0.2, 0) is 11.3 Å². The lowest BCUT2D eigenvalue weighted by molar-refractivity contribution is -0.130. The highest BCUT2D eigenvalue weighted by Crippen LogP contribution is 2.27. The predicted octanol–water partition coefficient (Wildman–Crippen LogP) is 2.76. The van der Waals surface area contributed by atoms with Crippen molar-refractivity contribution in [3.05, 3.63) is 35.4 Å². The predicted molar refractivity (Wildman–Crippen MR) is 85.1 cm³/mol. The van der Waals surface area contributed by atoms with Crippen LogP contribution in [0.25, 0.3) is 0 Å². The van der Waals surface area contributed by atoms with E-state index in [1.165, 1.54) is 24.0 Å². The minimum absolute atomic E-state index is 0. The second-order valence-corrected chi connectivity index (χ2v) is 5.41. The molecule has 1 saturated carbocycles. The van der Waals surface area contributed by atoms with Crippen molar-refractivity contribution >= 4 is 18.3 Å². The molecular formula is C16H25ClN2O. The van der Waals surface area contributed by atoms with Crippen LogP contribution in [0.2, 0.25) is 0 Å². The molecule has 2 rings (SSSR count). The number of nitrogens with zero attached hydrogens (tertiary/aromatic N) is 1. The van der Waals surface area contributed by atoms with Crippen LogP contribution in [0.1, 0.15) is 30.9 Å². The lowest BCUT2D eigenvalue weighted by Gasteiger charge is -2.22. The number of hydrogen-bond acceptors (Lipinski definition) is 2. The highest BCUT2D eigenvalue weighted by atomic mass is 35.5. The molecule has 1 aliphatic rings. The molecule has 1 aliphatic carbocycles. The van der Waals surface area contributed by atoms with Gasteiger partial charge in [-0.3, -0.25) is 4.79 Å². The number of likely N-dealkylation sites (N-methyl/N-ethyl adjacent to an activating group) is 1. The fourth-order valence-corrected chi connectivity index (χ4v) is 2.19. The minimum Gasteiger partial charge on any atom is -0.338 e. The lowest BCUT2D eigenvalue weighted by Crippen LogP contribution is -2.38. The van der Waals surface area contributed by atoms with E-state index in [0.29, 0.717) is 13.1 Å². The van der Waals surface area contributed by atoms with E-state index in [-0.39, 0.29) is 18.3 Å². The molecule has 0 radical (unpaired) electrons. The number of benzene rings is 1. The normalized spacial score (nSPS) is 13.7.